The Morgan fingerprint density at radius 2 is 2.04 bits per heavy atom. The van der Waals surface area contributed by atoms with Gasteiger partial charge in [0.1, 0.15) is 0 Å². The molecule has 6 nitrogen and oxygen atoms in total. The van der Waals surface area contributed by atoms with Crippen LogP contribution in [-0.2, 0) is 14.8 Å². The fourth-order valence-corrected chi connectivity index (χ4v) is 3.62. The second-order valence-electron chi connectivity index (χ2n) is 6.95. The minimum Gasteiger partial charge on any atom is -0.381 e. The molecule has 140 valence electrons. The van der Waals surface area contributed by atoms with Crippen LogP contribution in [0.3, 0.4) is 0 Å². The van der Waals surface area contributed by atoms with Crippen LogP contribution in [0.5, 0.6) is 0 Å². The molecule has 0 bridgehead atoms. The molecule has 1 aromatic rings. The van der Waals surface area contributed by atoms with Gasteiger partial charge in [0.25, 0.3) is 5.91 Å². The summed E-state index contributed by atoms with van der Waals surface area (Å²) < 4.78 is 32.7. The summed E-state index contributed by atoms with van der Waals surface area (Å²) in [5.74, 6) is 0.232. The van der Waals surface area contributed by atoms with Crippen molar-refractivity contribution in [3.63, 3.8) is 0 Å². The van der Waals surface area contributed by atoms with Crippen molar-refractivity contribution in [2.75, 3.05) is 19.8 Å². The number of carbonyl (C=O) groups is 1. The van der Waals surface area contributed by atoms with E-state index in [1.54, 1.807) is 13.0 Å². The number of carbonyl (C=O) groups excluding carboxylic acids is 1. The average molecular weight is 368 g/mol. The Labute approximate surface area is 150 Å². The van der Waals surface area contributed by atoms with Crippen LogP contribution >= 0.6 is 0 Å². The molecule has 0 unspecified atom stereocenters. The maximum atomic E-state index is 12.4. The van der Waals surface area contributed by atoms with Crippen LogP contribution in [0.15, 0.2) is 23.1 Å². The number of sulfonamides is 1. The van der Waals surface area contributed by atoms with Crippen LogP contribution in [0, 0.1) is 12.8 Å². The van der Waals surface area contributed by atoms with Gasteiger partial charge in [-0.1, -0.05) is 19.9 Å². The second kappa shape index (κ2) is 8.78. The van der Waals surface area contributed by atoms with Gasteiger partial charge < -0.3 is 10.1 Å². The van der Waals surface area contributed by atoms with Crippen LogP contribution in [0.2, 0.25) is 0 Å². The first-order chi connectivity index (χ1) is 11.8. The normalized spacial score (nSPS) is 14.7. The molecule has 1 aliphatic carbocycles. The van der Waals surface area contributed by atoms with Gasteiger partial charge in [0, 0.05) is 31.4 Å². The summed E-state index contributed by atoms with van der Waals surface area (Å²) in [4.78, 5) is 12.5. The van der Waals surface area contributed by atoms with Crippen molar-refractivity contribution in [1.29, 1.82) is 0 Å². The average Bonchev–Trinajstić information content (AvgIpc) is 3.33. The van der Waals surface area contributed by atoms with Crippen molar-refractivity contribution in [3.8, 4) is 0 Å². The molecule has 2 N–H and O–H groups in total. The lowest BCUT2D eigenvalue weighted by Crippen LogP contribution is -2.28. The van der Waals surface area contributed by atoms with E-state index in [-0.39, 0.29) is 16.8 Å². The lowest BCUT2D eigenvalue weighted by molar-refractivity contribution is 0.0924. The van der Waals surface area contributed by atoms with E-state index in [9.17, 15) is 13.2 Å². The molecular weight excluding hydrogens is 340 g/mol. The maximum Gasteiger partial charge on any atom is 0.251 e. The topological polar surface area (TPSA) is 84.5 Å². The van der Waals surface area contributed by atoms with Crippen LogP contribution in [0.1, 0.15) is 49.0 Å². The van der Waals surface area contributed by atoms with Crippen molar-refractivity contribution >= 4 is 15.9 Å². The van der Waals surface area contributed by atoms with Gasteiger partial charge in [0.15, 0.2) is 0 Å². The zero-order chi connectivity index (χ0) is 18.4. The molecule has 0 saturated heterocycles. The van der Waals surface area contributed by atoms with Crippen molar-refractivity contribution < 1.29 is 17.9 Å². The summed E-state index contributed by atoms with van der Waals surface area (Å²) in [5, 5.41) is 2.83. The summed E-state index contributed by atoms with van der Waals surface area (Å²) in [5.41, 5.74) is 1.14. The lowest BCUT2D eigenvalue weighted by Gasteiger charge is -2.11. The van der Waals surface area contributed by atoms with Crippen LogP contribution in [-0.4, -0.2) is 40.1 Å². The molecule has 1 aromatic carbocycles. The van der Waals surface area contributed by atoms with Gasteiger partial charge in [-0.05, 0) is 49.8 Å². The van der Waals surface area contributed by atoms with Crippen LogP contribution in [0.25, 0.3) is 0 Å². The smallest absolute Gasteiger partial charge is 0.251 e. The standard InChI is InChI=1S/C18H28N2O4S/c1-13(2)12-24-10-4-9-19-18(21)17-11-16(8-5-14(17)3)25(22,23)20-15-6-7-15/h5,8,11,13,15,20H,4,6-7,9-10,12H2,1-3H3,(H,19,21). The molecule has 7 heteroatoms. The maximum absolute atomic E-state index is 12.4. The fraction of sp³-hybridized carbons (Fsp3) is 0.611. The zero-order valence-corrected chi connectivity index (χ0v) is 16.0. The fourth-order valence-electron chi connectivity index (χ4n) is 2.29. The predicted octanol–water partition coefficient (Wildman–Crippen LogP) is 2.23. The van der Waals surface area contributed by atoms with E-state index in [0.717, 1.165) is 24.8 Å². The number of amides is 1. The highest BCUT2D eigenvalue weighted by atomic mass is 32.2. The van der Waals surface area contributed by atoms with Gasteiger partial charge in [-0.3, -0.25) is 4.79 Å². The van der Waals surface area contributed by atoms with E-state index in [1.807, 2.05) is 0 Å². The molecule has 0 aliphatic heterocycles. The molecule has 0 spiro atoms. The monoisotopic (exact) mass is 368 g/mol. The number of nitrogens with one attached hydrogen (secondary N) is 2. The molecule has 0 aromatic heterocycles. The third-order valence-electron chi connectivity index (χ3n) is 3.87. The van der Waals surface area contributed by atoms with Crippen LogP contribution < -0.4 is 10.0 Å². The Kier molecular flexibility index (Phi) is 6.98. The molecule has 1 fully saturated rings. The molecule has 0 radical (unpaired) electrons. The Hall–Kier alpha value is -1.44. The number of hydrogen-bond donors (Lipinski definition) is 2. The zero-order valence-electron chi connectivity index (χ0n) is 15.2. The minimum atomic E-state index is -3.56. The Bertz CT molecular complexity index is 697. The van der Waals surface area contributed by atoms with E-state index in [4.69, 9.17) is 4.74 Å². The minimum absolute atomic E-state index is 0.0365. The predicted molar refractivity (Wildman–Crippen MR) is 97.1 cm³/mol. The number of aryl methyl sites for hydroxylation is 1. The van der Waals surface area contributed by atoms with E-state index in [2.05, 4.69) is 23.9 Å². The van der Waals surface area contributed by atoms with E-state index < -0.39 is 10.0 Å². The summed E-state index contributed by atoms with van der Waals surface area (Å²) in [6, 6.07) is 4.69. The molecule has 0 heterocycles. The van der Waals surface area contributed by atoms with Gasteiger partial charge >= 0.3 is 0 Å². The van der Waals surface area contributed by atoms with E-state index >= 15 is 0 Å². The molecule has 0 atom stereocenters. The third-order valence-corrected chi connectivity index (χ3v) is 5.38. The first-order valence-corrected chi connectivity index (χ1v) is 10.3. The van der Waals surface area contributed by atoms with E-state index in [0.29, 0.717) is 31.2 Å². The highest BCUT2D eigenvalue weighted by molar-refractivity contribution is 7.89. The highest BCUT2D eigenvalue weighted by Gasteiger charge is 2.28. The first-order valence-electron chi connectivity index (χ1n) is 8.78. The van der Waals surface area contributed by atoms with Crippen molar-refractivity contribution in [2.45, 2.75) is 51.0 Å². The second-order valence-corrected chi connectivity index (χ2v) is 8.66. The van der Waals surface area contributed by atoms with Gasteiger partial charge in [-0.2, -0.15) is 0 Å². The van der Waals surface area contributed by atoms with Gasteiger partial charge in [-0.25, -0.2) is 13.1 Å². The first kappa shape index (κ1) is 19.9. The molecule has 2 rings (SSSR count). The quantitative estimate of drug-likeness (QED) is 0.620. The van der Waals surface area contributed by atoms with Gasteiger partial charge in [-0.15, -0.1) is 0 Å². The summed E-state index contributed by atoms with van der Waals surface area (Å²) in [6.45, 7) is 7.77. The molecular formula is C18H28N2O4S. The molecule has 1 aliphatic rings. The number of rotatable bonds is 10. The summed E-state index contributed by atoms with van der Waals surface area (Å²) in [6.07, 6.45) is 2.47. The number of ether oxygens (including phenoxy) is 1. The van der Waals surface area contributed by atoms with Crippen LogP contribution in [0.4, 0.5) is 0 Å². The lowest BCUT2D eigenvalue weighted by atomic mass is 10.1. The Morgan fingerprint density at radius 1 is 1.32 bits per heavy atom. The molecule has 1 amide bonds. The Balaban J connectivity index is 1.91. The Morgan fingerprint density at radius 3 is 2.68 bits per heavy atom. The van der Waals surface area contributed by atoms with Crippen molar-refractivity contribution in [1.82, 2.24) is 10.0 Å². The number of hydrogen-bond acceptors (Lipinski definition) is 4. The SMILES string of the molecule is Cc1ccc(S(=O)(=O)NC2CC2)cc1C(=O)NCCCOCC(C)C. The van der Waals surface area contributed by atoms with Crippen molar-refractivity contribution in [3.05, 3.63) is 29.3 Å². The van der Waals surface area contributed by atoms with E-state index in [1.165, 1.54) is 12.1 Å². The summed E-state index contributed by atoms with van der Waals surface area (Å²) >= 11 is 0. The van der Waals surface area contributed by atoms with Gasteiger partial charge in [0.2, 0.25) is 10.0 Å². The van der Waals surface area contributed by atoms with Gasteiger partial charge in [0.05, 0.1) is 4.90 Å². The summed E-state index contributed by atoms with van der Waals surface area (Å²) in [7, 11) is -3.56. The molecule has 1 saturated carbocycles. The van der Waals surface area contributed by atoms with Crippen molar-refractivity contribution in [2.24, 2.45) is 5.92 Å². The largest absolute Gasteiger partial charge is 0.381 e. The molecule has 25 heavy (non-hydrogen) atoms. The highest BCUT2D eigenvalue weighted by Crippen LogP contribution is 2.23. The third kappa shape index (κ3) is 6.41. The number of benzene rings is 1.